The van der Waals surface area contributed by atoms with E-state index in [4.69, 9.17) is 9.47 Å². The van der Waals surface area contributed by atoms with E-state index in [1.807, 2.05) is 18.2 Å². The number of esters is 1. The van der Waals surface area contributed by atoms with Gasteiger partial charge in [0.25, 0.3) is 0 Å². The molecule has 0 bridgehead atoms. The van der Waals surface area contributed by atoms with Crippen molar-refractivity contribution >= 4 is 17.9 Å². The van der Waals surface area contributed by atoms with Gasteiger partial charge in [0.2, 0.25) is 5.90 Å². The van der Waals surface area contributed by atoms with E-state index >= 15 is 0 Å². The monoisotopic (exact) mass is 280 g/mol. The molecule has 21 heavy (non-hydrogen) atoms. The normalized spacial score (nSPS) is 15.8. The van der Waals surface area contributed by atoms with Crippen LogP contribution in [0.25, 0.3) is 6.08 Å². The van der Waals surface area contributed by atoms with Crippen molar-refractivity contribution in [1.82, 2.24) is 4.98 Å². The molecule has 0 fully saturated rings. The molecule has 0 saturated heterocycles. The first-order valence-electron chi connectivity index (χ1n) is 6.34. The molecular formula is C16H12N2O3. The topological polar surface area (TPSA) is 60.8 Å². The molecule has 0 N–H and O–H groups in total. The molecular weight excluding hydrogens is 268 g/mol. The second kappa shape index (κ2) is 5.58. The Balaban J connectivity index is 1.93. The van der Waals surface area contributed by atoms with Crippen LogP contribution in [-0.2, 0) is 9.53 Å². The summed E-state index contributed by atoms with van der Waals surface area (Å²) in [4.78, 5) is 20.2. The number of cyclic esters (lactones) is 1. The van der Waals surface area contributed by atoms with Crippen molar-refractivity contribution in [3.8, 4) is 5.75 Å². The molecule has 1 aliphatic heterocycles. The van der Waals surface area contributed by atoms with Gasteiger partial charge in [-0.1, -0.05) is 12.1 Å². The lowest BCUT2D eigenvalue weighted by molar-refractivity contribution is -0.129. The summed E-state index contributed by atoms with van der Waals surface area (Å²) < 4.78 is 10.3. The van der Waals surface area contributed by atoms with Gasteiger partial charge in [-0.15, -0.1) is 0 Å². The van der Waals surface area contributed by atoms with E-state index in [2.05, 4.69) is 9.98 Å². The minimum Gasteiger partial charge on any atom is -0.497 e. The van der Waals surface area contributed by atoms with Gasteiger partial charge < -0.3 is 9.47 Å². The van der Waals surface area contributed by atoms with Crippen molar-refractivity contribution in [3.05, 3.63) is 65.6 Å². The summed E-state index contributed by atoms with van der Waals surface area (Å²) in [6, 6.07) is 12.6. The molecule has 1 aromatic heterocycles. The molecule has 0 amide bonds. The van der Waals surface area contributed by atoms with Gasteiger partial charge in [-0.05, 0) is 36.4 Å². The first-order valence-corrected chi connectivity index (χ1v) is 6.34. The van der Waals surface area contributed by atoms with Gasteiger partial charge in [-0.3, -0.25) is 4.98 Å². The van der Waals surface area contributed by atoms with E-state index in [0.29, 0.717) is 17.0 Å². The highest BCUT2D eigenvalue weighted by Crippen LogP contribution is 2.21. The van der Waals surface area contributed by atoms with E-state index in [1.54, 1.807) is 43.6 Å². The van der Waals surface area contributed by atoms with Crippen LogP contribution in [0.3, 0.4) is 0 Å². The van der Waals surface area contributed by atoms with Gasteiger partial charge in [0.05, 0.1) is 12.8 Å². The zero-order chi connectivity index (χ0) is 14.7. The Morgan fingerprint density at radius 3 is 2.86 bits per heavy atom. The van der Waals surface area contributed by atoms with Gasteiger partial charge in [0.1, 0.15) is 5.75 Å². The highest BCUT2D eigenvalue weighted by Gasteiger charge is 2.24. The molecule has 104 valence electrons. The Bertz CT molecular complexity index is 736. The van der Waals surface area contributed by atoms with Crippen LogP contribution < -0.4 is 4.74 Å². The molecule has 3 rings (SSSR count). The van der Waals surface area contributed by atoms with Gasteiger partial charge in [-0.2, -0.15) is 0 Å². The molecule has 5 heteroatoms. The fraction of sp³-hybridized carbons (Fsp3) is 0.0625. The van der Waals surface area contributed by atoms with Crippen molar-refractivity contribution in [3.63, 3.8) is 0 Å². The van der Waals surface area contributed by atoms with E-state index in [9.17, 15) is 4.79 Å². The Hall–Kier alpha value is -2.95. The summed E-state index contributed by atoms with van der Waals surface area (Å²) in [6.07, 6.45) is 3.24. The SMILES string of the molecule is COc1cccc(C2=N/C(=C/c3ccccn3)C(=O)O2)c1. The lowest BCUT2D eigenvalue weighted by atomic mass is 10.2. The minimum absolute atomic E-state index is 0.228. The van der Waals surface area contributed by atoms with Crippen LogP contribution in [0.1, 0.15) is 11.3 Å². The molecule has 2 heterocycles. The maximum atomic E-state index is 11.9. The number of rotatable bonds is 3. The van der Waals surface area contributed by atoms with E-state index in [-0.39, 0.29) is 11.6 Å². The van der Waals surface area contributed by atoms with E-state index in [0.717, 1.165) is 0 Å². The highest BCUT2D eigenvalue weighted by molar-refractivity contribution is 6.12. The quantitative estimate of drug-likeness (QED) is 0.640. The molecule has 0 radical (unpaired) electrons. The third-order valence-electron chi connectivity index (χ3n) is 2.91. The summed E-state index contributed by atoms with van der Waals surface area (Å²) in [5.41, 5.74) is 1.57. The number of hydrogen-bond acceptors (Lipinski definition) is 5. The van der Waals surface area contributed by atoms with Crippen LogP contribution in [0, 0.1) is 0 Å². The van der Waals surface area contributed by atoms with Crippen LogP contribution in [0.4, 0.5) is 0 Å². The average molecular weight is 280 g/mol. The first-order chi connectivity index (χ1) is 10.3. The van der Waals surface area contributed by atoms with Crippen LogP contribution in [-0.4, -0.2) is 24.0 Å². The molecule has 0 spiro atoms. The van der Waals surface area contributed by atoms with Gasteiger partial charge >= 0.3 is 5.97 Å². The Morgan fingerprint density at radius 2 is 2.10 bits per heavy atom. The smallest absolute Gasteiger partial charge is 0.363 e. The Labute approximate surface area is 121 Å². The zero-order valence-corrected chi connectivity index (χ0v) is 11.3. The number of pyridine rings is 1. The molecule has 5 nitrogen and oxygen atoms in total. The zero-order valence-electron chi connectivity index (χ0n) is 11.3. The standard InChI is InChI=1S/C16H12N2O3/c1-20-13-7-4-5-11(9-13)15-18-14(16(19)21-15)10-12-6-2-3-8-17-12/h2-10H,1H3/b14-10+. The third kappa shape index (κ3) is 2.81. The first kappa shape index (κ1) is 13.1. The van der Waals surface area contributed by atoms with E-state index in [1.165, 1.54) is 0 Å². The van der Waals surface area contributed by atoms with Gasteiger partial charge in [0, 0.05) is 11.8 Å². The fourth-order valence-electron chi connectivity index (χ4n) is 1.89. The number of hydrogen-bond donors (Lipinski definition) is 0. The molecule has 0 saturated carbocycles. The van der Waals surface area contributed by atoms with Gasteiger partial charge in [0.15, 0.2) is 5.70 Å². The number of carbonyl (C=O) groups excluding carboxylic acids is 1. The minimum atomic E-state index is -0.488. The summed E-state index contributed by atoms with van der Waals surface area (Å²) in [5.74, 6) is 0.452. The lowest BCUT2D eigenvalue weighted by Crippen LogP contribution is -2.05. The van der Waals surface area contributed by atoms with Gasteiger partial charge in [-0.25, -0.2) is 9.79 Å². The largest absolute Gasteiger partial charge is 0.497 e. The predicted molar refractivity (Wildman–Crippen MR) is 77.8 cm³/mol. The predicted octanol–water partition coefficient (Wildman–Crippen LogP) is 2.43. The summed E-state index contributed by atoms with van der Waals surface area (Å²) in [5, 5.41) is 0. The molecule has 1 aliphatic rings. The lowest BCUT2D eigenvalue weighted by Gasteiger charge is -2.02. The third-order valence-corrected chi connectivity index (χ3v) is 2.91. The van der Waals surface area contributed by atoms with E-state index < -0.39 is 5.97 Å². The van der Waals surface area contributed by atoms with Crippen molar-refractivity contribution in [2.75, 3.05) is 7.11 Å². The molecule has 2 aromatic rings. The second-order valence-corrected chi connectivity index (χ2v) is 4.32. The number of carbonyl (C=O) groups is 1. The summed E-state index contributed by atoms with van der Waals surface area (Å²) >= 11 is 0. The van der Waals surface area contributed by atoms with Crippen LogP contribution in [0.15, 0.2) is 59.4 Å². The van der Waals surface area contributed by atoms with Crippen molar-refractivity contribution in [2.24, 2.45) is 4.99 Å². The summed E-state index contributed by atoms with van der Waals surface area (Å²) in [6.45, 7) is 0. The number of ether oxygens (including phenoxy) is 2. The average Bonchev–Trinajstić information content (AvgIpc) is 2.89. The highest BCUT2D eigenvalue weighted by atomic mass is 16.6. The van der Waals surface area contributed by atoms with Crippen LogP contribution in [0.2, 0.25) is 0 Å². The van der Waals surface area contributed by atoms with Crippen molar-refractivity contribution < 1.29 is 14.3 Å². The number of nitrogens with zero attached hydrogens (tertiary/aromatic N) is 2. The van der Waals surface area contributed by atoms with Crippen LogP contribution >= 0.6 is 0 Å². The summed E-state index contributed by atoms with van der Waals surface area (Å²) in [7, 11) is 1.58. The number of benzene rings is 1. The van der Waals surface area contributed by atoms with Crippen molar-refractivity contribution in [2.45, 2.75) is 0 Å². The number of aliphatic imine (C=N–C) groups is 1. The number of methoxy groups -OCH3 is 1. The number of aromatic nitrogens is 1. The maximum Gasteiger partial charge on any atom is 0.363 e. The Kier molecular flexibility index (Phi) is 3.47. The second-order valence-electron chi connectivity index (χ2n) is 4.32. The maximum absolute atomic E-state index is 11.9. The molecule has 0 unspecified atom stereocenters. The van der Waals surface area contributed by atoms with Crippen molar-refractivity contribution in [1.29, 1.82) is 0 Å². The fourth-order valence-corrected chi connectivity index (χ4v) is 1.89. The molecule has 0 aliphatic carbocycles. The molecule has 0 atom stereocenters. The molecule has 1 aromatic carbocycles. The van der Waals surface area contributed by atoms with Crippen LogP contribution in [0.5, 0.6) is 5.75 Å². The Morgan fingerprint density at radius 1 is 1.19 bits per heavy atom.